The summed E-state index contributed by atoms with van der Waals surface area (Å²) in [7, 11) is -3.64. The Labute approximate surface area is 114 Å². The maximum Gasteiger partial charge on any atom is 0.259 e. The predicted molar refractivity (Wildman–Crippen MR) is 73.4 cm³/mol. The van der Waals surface area contributed by atoms with Gasteiger partial charge in [0.2, 0.25) is 0 Å². The van der Waals surface area contributed by atoms with Gasteiger partial charge in [0.25, 0.3) is 10.0 Å². The molecular weight excluding hydrogens is 266 g/mol. The minimum Gasteiger partial charge on any atom is -0.392 e. The van der Waals surface area contributed by atoms with Gasteiger partial charge in [-0.3, -0.25) is 0 Å². The lowest BCUT2D eigenvalue weighted by molar-refractivity contribution is 0.167. The molecule has 0 radical (unpaired) electrons. The van der Waals surface area contributed by atoms with Gasteiger partial charge in [-0.05, 0) is 19.8 Å². The molecule has 0 fully saturated rings. The second-order valence-electron chi connectivity index (χ2n) is 4.61. The van der Waals surface area contributed by atoms with Crippen LogP contribution in [0.5, 0.6) is 0 Å². The van der Waals surface area contributed by atoms with Gasteiger partial charge in [-0.2, -0.15) is 0 Å². The molecule has 110 valence electrons. The van der Waals surface area contributed by atoms with Crippen LogP contribution in [0.3, 0.4) is 0 Å². The zero-order chi connectivity index (χ0) is 14.5. The van der Waals surface area contributed by atoms with Crippen molar-refractivity contribution < 1.29 is 13.5 Å². The molecule has 6 nitrogen and oxygen atoms in total. The van der Waals surface area contributed by atoms with Gasteiger partial charge in [0.05, 0.1) is 6.10 Å². The van der Waals surface area contributed by atoms with Crippen molar-refractivity contribution in [1.29, 1.82) is 0 Å². The quantitative estimate of drug-likeness (QED) is 0.749. The second kappa shape index (κ2) is 7.02. The molecule has 2 N–H and O–H groups in total. The number of rotatable bonds is 8. The summed E-state index contributed by atoms with van der Waals surface area (Å²) < 4.78 is 28.2. The Morgan fingerprint density at radius 2 is 2.11 bits per heavy atom. The van der Waals surface area contributed by atoms with Crippen LogP contribution in [-0.2, 0) is 16.6 Å². The molecule has 19 heavy (non-hydrogen) atoms. The number of aliphatic hydroxyl groups excluding tert-OH is 1. The molecule has 0 saturated carbocycles. The van der Waals surface area contributed by atoms with Crippen LogP contribution in [0.1, 0.15) is 38.9 Å². The highest BCUT2D eigenvalue weighted by atomic mass is 32.2. The predicted octanol–water partition coefficient (Wildman–Crippen LogP) is 1.04. The zero-order valence-electron chi connectivity index (χ0n) is 11.8. The van der Waals surface area contributed by atoms with E-state index < -0.39 is 16.1 Å². The summed E-state index contributed by atoms with van der Waals surface area (Å²) in [5.41, 5.74) is 0. The van der Waals surface area contributed by atoms with Gasteiger partial charge < -0.3 is 9.67 Å². The molecule has 0 spiro atoms. The molecule has 0 amide bonds. The van der Waals surface area contributed by atoms with E-state index in [9.17, 15) is 13.5 Å². The Morgan fingerprint density at radius 3 is 2.68 bits per heavy atom. The van der Waals surface area contributed by atoms with Crippen molar-refractivity contribution in [3.63, 3.8) is 0 Å². The molecule has 0 aliphatic carbocycles. The van der Waals surface area contributed by atoms with E-state index in [0.29, 0.717) is 12.2 Å². The van der Waals surface area contributed by atoms with Crippen LogP contribution in [0.2, 0.25) is 0 Å². The molecule has 1 atom stereocenters. The molecule has 1 aromatic heterocycles. The van der Waals surface area contributed by atoms with E-state index in [-0.39, 0.29) is 11.6 Å². The molecule has 0 aliphatic rings. The number of nitrogens with zero attached hydrogens (tertiary/aromatic N) is 2. The number of hydrogen-bond acceptors (Lipinski definition) is 4. The largest absolute Gasteiger partial charge is 0.392 e. The molecular formula is C12H23N3O3S. The highest BCUT2D eigenvalue weighted by Crippen LogP contribution is 2.10. The Morgan fingerprint density at radius 1 is 1.42 bits per heavy atom. The van der Waals surface area contributed by atoms with Crippen LogP contribution >= 0.6 is 0 Å². The van der Waals surface area contributed by atoms with Gasteiger partial charge in [0.15, 0.2) is 5.03 Å². The lowest BCUT2D eigenvalue weighted by Gasteiger charge is -2.09. The van der Waals surface area contributed by atoms with Gasteiger partial charge in [0.1, 0.15) is 5.82 Å². The fourth-order valence-electron chi connectivity index (χ4n) is 1.79. The Balaban J connectivity index is 2.74. The van der Waals surface area contributed by atoms with Crippen LogP contribution in [0.4, 0.5) is 0 Å². The summed E-state index contributed by atoms with van der Waals surface area (Å²) in [4.78, 5) is 4.06. The first-order valence-corrected chi connectivity index (χ1v) is 8.10. The van der Waals surface area contributed by atoms with E-state index in [4.69, 9.17) is 0 Å². The third-order valence-corrected chi connectivity index (χ3v) is 4.12. The van der Waals surface area contributed by atoms with E-state index in [1.165, 1.54) is 6.20 Å². The van der Waals surface area contributed by atoms with Crippen LogP contribution in [-0.4, -0.2) is 35.7 Å². The topological polar surface area (TPSA) is 84.2 Å². The van der Waals surface area contributed by atoms with Gasteiger partial charge >= 0.3 is 0 Å². The summed E-state index contributed by atoms with van der Waals surface area (Å²) in [6, 6.07) is 0. The number of aromatic nitrogens is 2. The minimum atomic E-state index is -3.64. The summed E-state index contributed by atoms with van der Waals surface area (Å²) in [5, 5.41) is 9.57. The molecule has 0 bridgehead atoms. The number of aryl methyl sites for hydroxylation is 2. The normalized spacial score (nSPS) is 13.7. The highest BCUT2D eigenvalue weighted by Gasteiger charge is 2.19. The number of nitrogens with one attached hydrogen (secondary N) is 1. The first-order valence-electron chi connectivity index (χ1n) is 6.62. The van der Waals surface area contributed by atoms with Crippen molar-refractivity contribution in [1.82, 2.24) is 14.3 Å². The van der Waals surface area contributed by atoms with Gasteiger partial charge in [-0.1, -0.05) is 20.3 Å². The van der Waals surface area contributed by atoms with Gasteiger partial charge in [0, 0.05) is 19.3 Å². The minimum absolute atomic E-state index is 0.0159. The van der Waals surface area contributed by atoms with E-state index in [1.54, 1.807) is 6.92 Å². The number of sulfonamides is 1. The molecule has 1 heterocycles. The maximum atomic E-state index is 12.0. The monoisotopic (exact) mass is 289 g/mol. The van der Waals surface area contributed by atoms with Crippen LogP contribution in [0, 0.1) is 6.92 Å². The summed E-state index contributed by atoms with van der Waals surface area (Å²) in [6.45, 7) is 6.50. The van der Waals surface area contributed by atoms with Crippen LogP contribution in [0.15, 0.2) is 11.2 Å². The van der Waals surface area contributed by atoms with Crippen molar-refractivity contribution >= 4 is 10.0 Å². The van der Waals surface area contributed by atoms with Crippen LogP contribution in [0.25, 0.3) is 0 Å². The first kappa shape index (κ1) is 16.1. The second-order valence-corrected chi connectivity index (χ2v) is 6.33. The molecule has 0 aliphatic heterocycles. The van der Waals surface area contributed by atoms with Crippen molar-refractivity contribution in [3.8, 4) is 0 Å². The van der Waals surface area contributed by atoms with Crippen molar-refractivity contribution in [3.05, 3.63) is 12.0 Å². The maximum absolute atomic E-state index is 12.0. The Kier molecular flexibility index (Phi) is 5.96. The smallest absolute Gasteiger partial charge is 0.259 e. The van der Waals surface area contributed by atoms with Gasteiger partial charge in [-0.25, -0.2) is 18.1 Å². The first-order chi connectivity index (χ1) is 8.90. The average molecular weight is 289 g/mol. The Bertz CT molecular complexity index is 496. The number of hydrogen-bond donors (Lipinski definition) is 2. The summed E-state index contributed by atoms with van der Waals surface area (Å²) >= 11 is 0. The fourth-order valence-corrected chi connectivity index (χ4v) is 2.87. The van der Waals surface area contributed by atoms with E-state index in [2.05, 4.69) is 9.71 Å². The van der Waals surface area contributed by atoms with E-state index in [1.807, 2.05) is 18.4 Å². The lowest BCUT2D eigenvalue weighted by Crippen LogP contribution is -2.32. The zero-order valence-corrected chi connectivity index (χ0v) is 12.6. The standard InChI is InChI=1S/C12H23N3O3S/c1-4-6-11(16)8-13-19(17,18)12-9-15(7-5-2)10(3)14-12/h9,11,13,16H,4-8H2,1-3H3. The SMILES string of the molecule is CCCC(O)CNS(=O)(=O)c1cn(CCC)c(C)n1. The Hall–Kier alpha value is -0.920. The molecule has 7 heteroatoms. The molecule has 0 aromatic carbocycles. The molecule has 0 saturated heterocycles. The third-order valence-electron chi connectivity index (χ3n) is 2.82. The van der Waals surface area contributed by atoms with Crippen molar-refractivity contribution in [2.75, 3.05) is 6.54 Å². The van der Waals surface area contributed by atoms with E-state index in [0.717, 1.165) is 19.4 Å². The summed E-state index contributed by atoms with van der Waals surface area (Å²) in [6.07, 6.45) is 3.18. The number of aliphatic hydroxyl groups is 1. The van der Waals surface area contributed by atoms with Crippen molar-refractivity contribution in [2.24, 2.45) is 0 Å². The fraction of sp³-hybridized carbons (Fsp3) is 0.750. The van der Waals surface area contributed by atoms with Gasteiger partial charge in [-0.15, -0.1) is 0 Å². The molecule has 1 unspecified atom stereocenters. The average Bonchev–Trinajstić information content (AvgIpc) is 2.71. The lowest BCUT2D eigenvalue weighted by atomic mass is 10.2. The highest BCUT2D eigenvalue weighted by molar-refractivity contribution is 7.89. The number of imidazole rings is 1. The summed E-state index contributed by atoms with van der Waals surface area (Å²) in [5.74, 6) is 0.677. The van der Waals surface area contributed by atoms with Crippen LogP contribution < -0.4 is 4.72 Å². The van der Waals surface area contributed by atoms with Crippen molar-refractivity contribution in [2.45, 2.75) is 57.7 Å². The molecule has 1 aromatic rings. The van der Waals surface area contributed by atoms with E-state index >= 15 is 0 Å². The molecule has 1 rings (SSSR count). The third kappa shape index (κ3) is 4.59.